The quantitative estimate of drug-likeness (QED) is 0.724. The highest BCUT2D eigenvalue weighted by atomic mass is 16.2. The van der Waals surface area contributed by atoms with E-state index in [0.29, 0.717) is 0 Å². The van der Waals surface area contributed by atoms with Gasteiger partial charge >= 0.3 is 0 Å². The number of pyridine rings is 1. The highest BCUT2D eigenvalue weighted by Gasteiger charge is 2.31. The summed E-state index contributed by atoms with van der Waals surface area (Å²) in [5.41, 5.74) is 2.32. The minimum atomic E-state index is -0.109. The summed E-state index contributed by atoms with van der Waals surface area (Å²) in [5.74, 6) is 2.23. The van der Waals surface area contributed by atoms with Crippen molar-refractivity contribution in [2.75, 3.05) is 13.1 Å². The molecule has 0 radical (unpaired) electrons. The summed E-state index contributed by atoms with van der Waals surface area (Å²) >= 11 is 0. The molecule has 2 aromatic heterocycles. The van der Waals surface area contributed by atoms with Crippen molar-refractivity contribution in [3.05, 3.63) is 53.7 Å². The zero-order chi connectivity index (χ0) is 19.8. The van der Waals surface area contributed by atoms with E-state index in [1.807, 2.05) is 19.2 Å². The Hall–Kier alpha value is -2.80. The van der Waals surface area contributed by atoms with Gasteiger partial charge in [-0.2, -0.15) is 0 Å². The predicted molar refractivity (Wildman–Crippen MR) is 110 cm³/mol. The summed E-state index contributed by atoms with van der Waals surface area (Å²) in [6, 6.07) is 10.5. The fourth-order valence-electron chi connectivity index (χ4n) is 4.08. The van der Waals surface area contributed by atoms with Gasteiger partial charge in [0.05, 0.1) is 11.6 Å². The predicted octanol–water partition coefficient (Wildman–Crippen LogP) is 2.47. The lowest BCUT2D eigenvalue weighted by Crippen LogP contribution is -2.31. The molecule has 1 unspecified atom stereocenters. The van der Waals surface area contributed by atoms with E-state index in [1.165, 1.54) is 10.9 Å². The number of rotatable bonds is 5. The normalized spacial score (nSPS) is 18.2. The molecular formula is C22H26N6O. The number of nitrogens with one attached hydrogen (secondary N) is 1. The monoisotopic (exact) mass is 390 g/mol. The Labute approximate surface area is 170 Å². The lowest BCUT2D eigenvalue weighted by Gasteiger charge is -2.20. The summed E-state index contributed by atoms with van der Waals surface area (Å²) in [5, 5.41) is 13.1. The van der Waals surface area contributed by atoms with E-state index in [9.17, 15) is 4.79 Å². The molecular weight excluding hydrogens is 364 g/mol. The maximum Gasteiger partial charge on any atom is 0.223 e. The topological polar surface area (TPSA) is 75.9 Å². The Morgan fingerprint density at radius 1 is 1.21 bits per heavy atom. The van der Waals surface area contributed by atoms with Crippen molar-refractivity contribution in [3.63, 3.8) is 0 Å². The van der Waals surface area contributed by atoms with Crippen molar-refractivity contribution in [2.24, 2.45) is 5.92 Å². The van der Waals surface area contributed by atoms with Gasteiger partial charge < -0.3 is 9.88 Å². The molecule has 1 aliphatic carbocycles. The van der Waals surface area contributed by atoms with E-state index in [0.717, 1.165) is 62.6 Å². The first-order chi connectivity index (χ1) is 14.2. The van der Waals surface area contributed by atoms with Crippen LogP contribution in [0.15, 0.2) is 36.5 Å². The van der Waals surface area contributed by atoms with Crippen LogP contribution in [-0.2, 0) is 24.3 Å². The highest BCUT2D eigenvalue weighted by molar-refractivity contribution is 5.81. The van der Waals surface area contributed by atoms with Gasteiger partial charge in [0.2, 0.25) is 5.91 Å². The lowest BCUT2D eigenvalue weighted by molar-refractivity contribution is -0.123. The van der Waals surface area contributed by atoms with Gasteiger partial charge in [-0.3, -0.25) is 14.7 Å². The van der Waals surface area contributed by atoms with Crippen molar-refractivity contribution in [2.45, 2.75) is 45.3 Å². The maximum absolute atomic E-state index is 12.1. The molecule has 150 valence electrons. The van der Waals surface area contributed by atoms with Crippen molar-refractivity contribution in [1.29, 1.82) is 0 Å². The van der Waals surface area contributed by atoms with Gasteiger partial charge in [0.25, 0.3) is 0 Å². The molecule has 1 amide bonds. The van der Waals surface area contributed by atoms with Crippen LogP contribution in [0.25, 0.3) is 10.9 Å². The SMILES string of the molecule is CC(NC(=O)C1CC1)c1nnc2n1CCN(Cc1ccc3cccnc3c1)CC2. The van der Waals surface area contributed by atoms with E-state index in [2.05, 4.69) is 54.2 Å². The number of benzene rings is 1. The number of hydrogen-bond acceptors (Lipinski definition) is 5. The molecule has 7 nitrogen and oxygen atoms in total. The lowest BCUT2D eigenvalue weighted by atomic mass is 10.1. The molecule has 1 N–H and O–H groups in total. The molecule has 1 fully saturated rings. The zero-order valence-electron chi connectivity index (χ0n) is 16.7. The number of amides is 1. The molecule has 0 bridgehead atoms. The number of fused-ring (bicyclic) bond motifs is 2. The average Bonchev–Trinajstić information content (AvgIpc) is 3.53. The van der Waals surface area contributed by atoms with Crippen LogP contribution < -0.4 is 5.32 Å². The van der Waals surface area contributed by atoms with Crippen molar-refractivity contribution >= 4 is 16.8 Å². The number of nitrogens with zero attached hydrogens (tertiary/aromatic N) is 5. The first-order valence-corrected chi connectivity index (χ1v) is 10.5. The Balaban J connectivity index is 1.26. The second-order valence-corrected chi connectivity index (χ2v) is 8.19. The Morgan fingerprint density at radius 2 is 2.10 bits per heavy atom. The van der Waals surface area contributed by atoms with Crippen LogP contribution in [0.4, 0.5) is 0 Å². The average molecular weight is 390 g/mol. The molecule has 0 saturated heterocycles. The molecule has 29 heavy (non-hydrogen) atoms. The molecule has 1 aliphatic heterocycles. The molecule has 0 spiro atoms. The molecule has 7 heteroatoms. The van der Waals surface area contributed by atoms with E-state index in [1.54, 1.807) is 0 Å². The highest BCUT2D eigenvalue weighted by Crippen LogP contribution is 2.29. The smallest absolute Gasteiger partial charge is 0.223 e. The molecule has 2 aliphatic rings. The summed E-state index contributed by atoms with van der Waals surface area (Å²) in [4.78, 5) is 19.0. The third-order valence-electron chi connectivity index (χ3n) is 5.92. The summed E-state index contributed by atoms with van der Waals surface area (Å²) in [6.07, 6.45) is 4.72. The molecule has 1 saturated carbocycles. The first kappa shape index (κ1) is 18.2. The van der Waals surface area contributed by atoms with Crippen LogP contribution in [0.2, 0.25) is 0 Å². The maximum atomic E-state index is 12.1. The van der Waals surface area contributed by atoms with Gasteiger partial charge in [0.15, 0.2) is 5.82 Å². The molecule has 5 rings (SSSR count). The van der Waals surface area contributed by atoms with Crippen LogP contribution in [-0.4, -0.2) is 43.6 Å². The van der Waals surface area contributed by atoms with Crippen LogP contribution in [0.1, 0.15) is 43.0 Å². The van der Waals surface area contributed by atoms with E-state index >= 15 is 0 Å². The standard InChI is InChI=1S/C22H26N6O/c1-15(24-22(29)18-6-7-18)21-26-25-20-8-10-27(11-12-28(20)21)14-16-4-5-17-3-2-9-23-19(17)13-16/h2-5,9,13,15,18H,6-8,10-12,14H2,1H3,(H,24,29). The molecule has 1 atom stereocenters. The minimum Gasteiger partial charge on any atom is -0.346 e. The van der Waals surface area contributed by atoms with Crippen molar-refractivity contribution < 1.29 is 4.79 Å². The van der Waals surface area contributed by atoms with Gasteiger partial charge in [-0.1, -0.05) is 18.2 Å². The molecule has 3 aromatic rings. The summed E-state index contributed by atoms with van der Waals surface area (Å²) < 4.78 is 2.19. The fourth-order valence-corrected chi connectivity index (χ4v) is 4.08. The van der Waals surface area contributed by atoms with E-state index in [4.69, 9.17) is 0 Å². The zero-order valence-corrected chi connectivity index (χ0v) is 16.7. The number of hydrogen-bond donors (Lipinski definition) is 1. The van der Waals surface area contributed by atoms with Gasteiger partial charge in [0, 0.05) is 50.1 Å². The van der Waals surface area contributed by atoms with Crippen molar-refractivity contribution in [3.8, 4) is 0 Å². The Bertz CT molecular complexity index is 1040. The Kier molecular flexibility index (Phi) is 4.75. The second kappa shape index (κ2) is 7.55. The summed E-state index contributed by atoms with van der Waals surface area (Å²) in [6.45, 7) is 5.62. The largest absolute Gasteiger partial charge is 0.346 e. The van der Waals surface area contributed by atoms with E-state index in [-0.39, 0.29) is 17.9 Å². The third kappa shape index (κ3) is 3.87. The van der Waals surface area contributed by atoms with Gasteiger partial charge in [-0.15, -0.1) is 10.2 Å². The van der Waals surface area contributed by atoms with E-state index < -0.39 is 0 Å². The number of carbonyl (C=O) groups is 1. The van der Waals surface area contributed by atoms with Gasteiger partial charge in [-0.05, 0) is 37.5 Å². The van der Waals surface area contributed by atoms with Crippen LogP contribution in [0.5, 0.6) is 0 Å². The summed E-state index contributed by atoms with van der Waals surface area (Å²) in [7, 11) is 0. The minimum absolute atomic E-state index is 0.109. The first-order valence-electron chi connectivity index (χ1n) is 10.5. The second-order valence-electron chi connectivity index (χ2n) is 8.19. The molecule has 1 aromatic carbocycles. The van der Waals surface area contributed by atoms with Gasteiger partial charge in [0.1, 0.15) is 5.82 Å². The fraction of sp³-hybridized carbons (Fsp3) is 0.455. The molecule has 3 heterocycles. The van der Waals surface area contributed by atoms with Gasteiger partial charge in [-0.25, -0.2) is 0 Å². The van der Waals surface area contributed by atoms with Crippen molar-refractivity contribution in [1.82, 2.24) is 30.0 Å². The van der Waals surface area contributed by atoms with Crippen LogP contribution in [0.3, 0.4) is 0 Å². The number of aromatic nitrogens is 4. The van der Waals surface area contributed by atoms with Crippen LogP contribution in [0, 0.1) is 5.92 Å². The van der Waals surface area contributed by atoms with Crippen LogP contribution >= 0.6 is 0 Å². The number of carbonyl (C=O) groups excluding carboxylic acids is 1. The third-order valence-corrected chi connectivity index (χ3v) is 5.92. The Morgan fingerprint density at radius 3 is 2.97 bits per heavy atom.